The molecule has 0 fully saturated rings. The zero-order chi connectivity index (χ0) is 11.5. The average molecular weight is 216 g/mol. The minimum atomic E-state index is -0.274. The Hall–Kier alpha value is -1.10. The summed E-state index contributed by atoms with van der Waals surface area (Å²) in [6, 6.07) is 0. The van der Waals surface area contributed by atoms with Crippen LogP contribution in [0.2, 0.25) is 0 Å². The van der Waals surface area contributed by atoms with Gasteiger partial charge in [0.25, 0.3) is 0 Å². The van der Waals surface area contributed by atoms with Gasteiger partial charge in [0.1, 0.15) is 0 Å². The lowest BCUT2D eigenvalue weighted by Gasteiger charge is -2.05. The standard InChI is InChI=1S/C10H20N2O3/c1-3-11-7-5-9(13)12-8-6-10(14)15-4-2/h11H,3-8H2,1-2H3,(H,12,13). The largest absolute Gasteiger partial charge is 0.466 e. The summed E-state index contributed by atoms with van der Waals surface area (Å²) in [6.45, 7) is 6.00. The van der Waals surface area contributed by atoms with Crippen molar-refractivity contribution in [2.24, 2.45) is 0 Å². The number of hydrogen-bond acceptors (Lipinski definition) is 4. The van der Waals surface area contributed by atoms with Crippen molar-refractivity contribution >= 4 is 11.9 Å². The molecular weight excluding hydrogens is 196 g/mol. The van der Waals surface area contributed by atoms with Gasteiger partial charge in [-0.3, -0.25) is 9.59 Å². The van der Waals surface area contributed by atoms with Crippen LogP contribution in [0, 0.1) is 0 Å². The Kier molecular flexibility index (Phi) is 8.76. The minimum Gasteiger partial charge on any atom is -0.466 e. The molecule has 2 N–H and O–H groups in total. The summed E-state index contributed by atoms with van der Waals surface area (Å²) in [7, 11) is 0. The van der Waals surface area contributed by atoms with Gasteiger partial charge < -0.3 is 15.4 Å². The van der Waals surface area contributed by atoms with Gasteiger partial charge in [-0.05, 0) is 13.5 Å². The molecule has 0 saturated carbocycles. The molecule has 0 aliphatic heterocycles. The van der Waals surface area contributed by atoms with Crippen molar-refractivity contribution in [3.8, 4) is 0 Å². The topological polar surface area (TPSA) is 67.4 Å². The molecule has 0 saturated heterocycles. The number of esters is 1. The summed E-state index contributed by atoms with van der Waals surface area (Å²) in [5.74, 6) is -0.315. The van der Waals surface area contributed by atoms with Crippen molar-refractivity contribution in [2.75, 3.05) is 26.2 Å². The third kappa shape index (κ3) is 9.21. The molecule has 0 aliphatic carbocycles. The third-order valence-electron chi connectivity index (χ3n) is 1.74. The van der Waals surface area contributed by atoms with Crippen molar-refractivity contribution < 1.29 is 14.3 Å². The van der Waals surface area contributed by atoms with Crippen LogP contribution < -0.4 is 10.6 Å². The average Bonchev–Trinajstić information content (AvgIpc) is 2.18. The molecule has 0 heterocycles. The van der Waals surface area contributed by atoms with Crippen LogP contribution in [-0.2, 0) is 14.3 Å². The van der Waals surface area contributed by atoms with E-state index in [2.05, 4.69) is 10.6 Å². The predicted molar refractivity (Wildman–Crippen MR) is 57.4 cm³/mol. The lowest BCUT2D eigenvalue weighted by atomic mass is 10.3. The molecular formula is C10H20N2O3. The van der Waals surface area contributed by atoms with E-state index in [0.717, 1.165) is 6.54 Å². The van der Waals surface area contributed by atoms with Gasteiger partial charge in [0.15, 0.2) is 0 Å². The Bertz CT molecular complexity index is 195. The Morgan fingerprint density at radius 2 is 1.87 bits per heavy atom. The molecule has 0 aromatic heterocycles. The number of nitrogens with one attached hydrogen (secondary N) is 2. The maximum Gasteiger partial charge on any atom is 0.307 e. The van der Waals surface area contributed by atoms with Gasteiger partial charge in [0.2, 0.25) is 5.91 Å². The Morgan fingerprint density at radius 3 is 2.47 bits per heavy atom. The molecule has 0 unspecified atom stereocenters. The molecule has 15 heavy (non-hydrogen) atoms. The van der Waals surface area contributed by atoms with Crippen molar-refractivity contribution in [3.05, 3.63) is 0 Å². The van der Waals surface area contributed by atoms with Crippen LogP contribution in [0.4, 0.5) is 0 Å². The van der Waals surface area contributed by atoms with E-state index in [1.54, 1.807) is 6.92 Å². The van der Waals surface area contributed by atoms with E-state index in [9.17, 15) is 9.59 Å². The van der Waals surface area contributed by atoms with Gasteiger partial charge >= 0.3 is 5.97 Å². The fourth-order valence-corrected chi connectivity index (χ4v) is 1.00. The van der Waals surface area contributed by atoms with Crippen molar-refractivity contribution in [2.45, 2.75) is 26.7 Å². The number of carbonyl (C=O) groups excluding carboxylic acids is 2. The van der Waals surface area contributed by atoms with Gasteiger partial charge in [-0.2, -0.15) is 0 Å². The Morgan fingerprint density at radius 1 is 1.13 bits per heavy atom. The normalized spacial score (nSPS) is 9.73. The minimum absolute atomic E-state index is 0.0414. The summed E-state index contributed by atoms with van der Waals surface area (Å²) in [6.07, 6.45) is 0.678. The van der Waals surface area contributed by atoms with Gasteiger partial charge in [0.05, 0.1) is 13.0 Å². The number of hydrogen-bond donors (Lipinski definition) is 2. The van der Waals surface area contributed by atoms with E-state index in [0.29, 0.717) is 26.1 Å². The zero-order valence-electron chi connectivity index (χ0n) is 9.47. The van der Waals surface area contributed by atoms with E-state index in [-0.39, 0.29) is 18.3 Å². The van der Waals surface area contributed by atoms with E-state index in [4.69, 9.17) is 4.74 Å². The van der Waals surface area contributed by atoms with Crippen molar-refractivity contribution in [1.29, 1.82) is 0 Å². The second-order valence-electron chi connectivity index (χ2n) is 3.01. The maximum absolute atomic E-state index is 11.2. The molecule has 0 atom stereocenters. The molecule has 0 rings (SSSR count). The monoisotopic (exact) mass is 216 g/mol. The molecule has 0 aromatic carbocycles. The first kappa shape index (κ1) is 13.9. The number of ether oxygens (including phenoxy) is 1. The van der Waals surface area contributed by atoms with Crippen LogP contribution in [0.5, 0.6) is 0 Å². The van der Waals surface area contributed by atoms with Crippen LogP contribution in [-0.4, -0.2) is 38.1 Å². The zero-order valence-corrected chi connectivity index (χ0v) is 9.47. The van der Waals surface area contributed by atoms with Gasteiger partial charge in [-0.15, -0.1) is 0 Å². The van der Waals surface area contributed by atoms with E-state index in [1.807, 2.05) is 6.92 Å². The highest BCUT2D eigenvalue weighted by Gasteiger charge is 2.03. The summed E-state index contributed by atoms with van der Waals surface area (Å²) in [5.41, 5.74) is 0. The summed E-state index contributed by atoms with van der Waals surface area (Å²) in [5, 5.41) is 5.70. The highest BCUT2D eigenvalue weighted by Crippen LogP contribution is 1.85. The second kappa shape index (κ2) is 9.45. The number of carbonyl (C=O) groups is 2. The molecule has 0 radical (unpaired) electrons. The van der Waals surface area contributed by atoms with Gasteiger partial charge in [0, 0.05) is 19.5 Å². The van der Waals surface area contributed by atoms with E-state index in [1.165, 1.54) is 0 Å². The molecule has 5 nitrogen and oxygen atoms in total. The first-order valence-electron chi connectivity index (χ1n) is 5.33. The SMILES string of the molecule is CCNCCC(=O)NCCC(=O)OCC. The van der Waals surface area contributed by atoms with Gasteiger partial charge in [-0.25, -0.2) is 0 Å². The molecule has 0 aromatic rings. The fraction of sp³-hybridized carbons (Fsp3) is 0.800. The fourth-order valence-electron chi connectivity index (χ4n) is 1.00. The summed E-state index contributed by atoms with van der Waals surface area (Å²) >= 11 is 0. The number of amides is 1. The maximum atomic E-state index is 11.2. The van der Waals surface area contributed by atoms with Crippen molar-refractivity contribution in [3.63, 3.8) is 0 Å². The molecule has 88 valence electrons. The van der Waals surface area contributed by atoms with Crippen molar-refractivity contribution in [1.82, 2.24) is 10.6 Å². The lowest BCUT2D eigenvalue weighted by Crippen LogP contribution is -2.29. The van der Waals surface area contributed by atoms with E-state index >= 15 is 0 Å². The lowest BCUT2D eigenvalue weighted by molar-refractivity contribution is -0.143. The highest BCUT2D eigenvalue weighted by atomic mass is 16.5. The highest BCUT2D eigenvalue weighted by molar-refractivity contribution is 5.77. The van der Waals surface area contributed by atoms with Crippen LogP contribution in [0.3, 0.4) is 0 Å². The molecule has 5 heteroatoms. The summed E-state index contributed by atoms with van der Waals surface area (Å²) < 4.78 is 4.72. The smallest absolute Gasteiger partial charge is 0.307 e. The van der Waals surface area contributed by atoms with Crippen LogP contribution in [0.25, 0.3) is 0 Å². The first-order chi connectivity index (χ1) is 7.20. The van der Waals surface area contributed by atoms with E-state index < -0.39 is 0 Å². The quantitative estimate of drug-likeness (QED) is 0.444. The molecule has 0 spiro atoms. The van der Waals surface area contributed by atoms with Crippen LogP contribution in [0.15, 0.2) is 0 Å². The van der Waals surface area contributed by atoms with Gasteiger partial charge in [-0.1, -0.05) is 6.92 Å². The Balaban J connectivity index is 3.34. The van der Waals surface area contributed by atoms with Crippen LogP contribution in [0.1, 0.15) is 26.7 Å². The number of rotatable bonds is 8. The second-order valence-corrected chi connectivity index (χ2v) is 3.01. The molecule has 0 aliphatic rings. The first-order valence-corrected chi connectivity index (χ1v) is 5.33. The van der Waals surface area contributed by atoms with Crippen LogP contribution >= 0.6 is 0 Å². The molecule has 0 bridgehead atoms. The third-order valence-corrected chi connectivity index (χ3v) is 1.74. The predicted octanol–water partition coefficient (Wildman–Crippen LogP) is 0.0554. The Labute approximate surface area is 90.6 Å². The molecule has 1 amide bonds. The summed E-state index contributed by atoms with van der Waals surface area (Å²) in [4.78, 5) is 22.1.